The van der Waals surface area contributed by atoms with Gasteiger partial charge in [-0.25, -0.2) is 5.01 Å². The van der Waals surface area contributed by atoms with E-state index in [0.29, 0.717) is 16.8 Å². The van der Waals surface area contributed by atoms with E-state index in [1.807, 2.05) is 19.1 Å². The topological polar surface area (TPSA) is 69.6 Å². The normalized spacial score (nSPS) is 11.0. The number of hydrogen-bond donors (Lipinski definition) is 2. The fourth-order valence-corrected chi connectivity index (χ4v) is 3.22. The third kappa shape index (κ3) is 4.16. The van der Waals surface area contributed by atoms with Crippen LogP contribution in [-0.2, 0) is 15.2 Å². The molecule has 0 fully saturated rings. The highest BCUT2D eigenvalue weighted by atomic mass is 35.5. The Morgan fingerprint density at radius 3 is 1.86 bits per heavy atom. The smallest absolute Gasteiger partial charge is 0.280 e. The number of hydrazine groups is 1. The molecule has 0 heterocycles. The molecule has 0 aliphatic carbocycles. The molecule has 0 unspecified atom stereocenters. The second-order valence-corrected chi connectivity index (χ2v) is 6.80. The maximum atomic E-state index is 13.4. The van der Waals surface area contributed by atoms with E-state index in [2.05, 4.69) is 5.43 Å². The number of benzene rings is 3. The molecule has 29 heavy (non-hydrogen) atoms. The molecule has 3 aromatic rings. The zero-order valence-electron chi connectivity index (χ0n) is 15.9. The maximum absolute atomic E-state index is 13.4. The first kappa shape index (κ1) is 20.6. The van der Waals surface area contributed by atoms with Gasteiger partial charge in [-0.15, -0.1) is 11.6 Å². The molecule has 0 aromatic heterocycles. The van der Waals surface area contributed by atoms with Gasteiger partial charge < -0.3 is 5.11 Å². The van der Waals surface area contributed by atoms with Gasteiger partial charge in [0, 0.05) is 0 Å². The highest BCUT2D eigenvalue weighted by molar-refractivity contribution is 6.29. The highest BCUT2D eigenvalue weighted by Gasteiger charge is 2.41. The van der Waals surface area contributed by atoms with Crippen LogP contribution in [0.2, 0.25) is 0 Å². The number of amides is 2. The highest BCUT2D eigenvalue weighted by Crippen LogP contribution is 2.30. The largest absolute Gasteiger partial charge is 0.372 e. The van der Waals surface area contributed by atoms with E-state index in [9.17, 15) is 14.7 Å². The van der Waals surface area contributed by atoms with Crippen LogP contribution in [-0.4, -0.2) is 22.8 Å². The van der Waals surface area contributed by atoms with Crippen molar-refractivity contribution >= 4 is 29.1 Å². The molecule has 0 spiro atoms. The van der Waals surface area contributed by atoms with Gasteiger partial charge in [0.25, 0.3) is 11.8 Å². The third-order valence-electron chi connectivity index (χ3n) is 4.65. The summed E-state index contributed by atoms with van der Waals surface area (Å²) in [5.74, 6) is -1.61. The minimum absolute atomic E-state index is 0.330. The van der Waals surface area contributed by atoms with Crippen LogP contribution in [0.15, 0.2) is 84.9 Å². The van der Waals surface area contributed by atoms with E-state index in [4.69, 9.17) is 11.6 Å². The number of halogens is 1. The van der Waals surface area contributed by atoms with Gasteiger partial charge in [0.2, 0.25) is 0 Å². The number of hydrogen-bond acceptors (Lipinski definition) is 3. The maximum Gasteiger partial charge on any atom is 0.280 e. The fourth-order valence-electron chi connectivity index (χ4n) is 3.10. The van der Waals surface area contributed by atoms with Crippen molar-refractivity contribution in [2.45, 2.75) is 12.5 Å². The van der Waals surface area contributed by atoms with Gasteiger partial charge in [-0.2, -0.15) is 0 Å². The lowest BCUT2D eigenvalue weighted by Gasteiger charge is -2.32. The molecule has 6 heteroatoms. The molecule has 3 rings (SSSR count). The molecular weight excluding hydrogens is 388 g/mol. The summed E-state index contributed by atoms with van der Waals surface area (Å²) in [5, 5.41) is 12.6. The number of nitrogens with one attached hydrogen (secondary N) is 1. The number of aliphatic hydroxyl groups is 1. The van der Waals surface area contributed by atoms with Crippen molar-refractivity contribution in [3.05, 3.63) is 102 Å². The number of nitrogens with zero attached hydrogens (tertiary/aromatic N) is 1. The first-order valence-electron chi connectivity index (χ1n) is 9.07. The third-order valence-corrected chi connectivity index (χ3v) is 4.87. The van der Waals surface area contributed by atoms with Gasteiger partial charge in [0.05, 0.1) is 5.69 Å². The molecule has 0 atom stereocenters. The zero-order chi connectivity index (χ0) is 20.9. The molecule has 0 saturated carbocycles. The molecule has 0 saturated heterocycles. The first-order chi connectivity index (χ1) is 14.0. The predicted octanol–water partition coefficient (Wildman–Crippen LogP) is 3.53. The number of carbonyl (C=O) groups excluding carboxylic acids is 2. The Hall–Kier alpha value is -3.15. The van der Waals surface area contributed by atoms with E-state index in [1.165, 1.54) is 0 Å². The van der Waals surface area contributed by atoms with Crippen molar-refractivity contribution in [3.63, 3.8) is 0 Å². The lowest BCUT2D eigenvalue weighted by atomic mass is 9.85. The Kier molecular flexibility index (Phi) is 6.32. The van der Waals surface area contributed by atoms with E-state index in [-0.39, 0.29) is 5.88 Å². The van der Waals surface area contributed by atoms with Crippen molar-refractivity contribution in [2.75, 3.05) is 10.9 Å². The average Bonchev–Trinajstić information content (AvgIpc) is 2.78. The molecule has 148 valence electrons. The molecular formula is C23H21ClN2O3. The number of anilines is 1. The van der Waals surface area contributed by atoms with Gasteiger partial charge in [-0.05, 0) is 29.7 Å². The second-order valence-electron chi connectivity index (χ2n) is 6.53. The van der Waals surface area contributed by atoms with Gasteiger partial charge in [-0.1, -0.05) is 78.9 Å². The monoisotopic (exact) mass is 408 g/mol. The molecule has 0 bridgehead atoms. The van der Waals surface area contributed by atoms with Crippen molar-refractivity contribution in [2.24, 2.45) is 0 Å². The summed E-state index contributed by atoms with van der Waals surface area (Å²) in [6.45, 7) is 1.82. The Labute approximate surface area is 174 Å². The van der Waals surface area contributed by atoms with Crippen LogP contribution in [0.4, 0.5) is 5.69 Å². The molecule has 2 amide bonds. The lowest BCUT2D eigenvalue weighted by Crippen LogP contribution is -2.55. The van der Waals surface area contributed by atoms with E-state index in [1.54, 1.807) is 72.8 Å². The van der Waals surface area contributed by atoms with Gasteiger partial charge in [-0.3, -0.25) is 15.0 Å². The number of carbonyl (C=O) groups is 2. The van der Waals surface area contributed by atoms with Crippen molar-refractivity contribution < 1.29 is 14.7 Å². The Balaban J connectivity index is 2.06. The second kappa shape index (κ2) is 8.90. The number of rotatable bonds is 5. The quantitative estimate of drug-likeness (QED) is 0.501. The Bertz CT molecular complexity index is 954. The summed E-state index contributed by atoms with van der Waals surface area (Å²) >= 11 is 5.78. The lowest BCUT2D eigenvalue weighted by molar-refractivity contribution is -0.138. The van der Waals surface area contributed by atoms with E-state index >= 15 is 0 Å². The molecule has 0 aliphatic rings. The SMILES string of the molecule is Cc1ccccc1N(NC(=O)C(O)(c1ccccc1)c1ccccc1)C(=O)CCl. The van der Waals surface area contributed by atoms with Crippen LogP contribution in [0.3, 0.4) is 0 Å². The molecule has 0 radical (unpaired) electrons. The summed E-state index contributed by atoms with van der Waals surface area (Å²) in [6.07, 6.45) is 0. The first-order valence-corrected chi connectivity index (χ1v) is 9.61. The number of para-hydroxylation sites is 1. The minimum atomic E-state index is -2.00. The van der Waals surface area contributed by atoms with E-state index < -0.39 is 17.4 Å². The number of aryl methyl sites for hydroxylation is 1. The van der Waals surface area contributed by atoms with Crippen LogP contribution in [0, 0.1) is 6.92 Å². The molecule has 5 nitrogen and oxygen atoms in total. The van der Waals surface area contributed by atoms with Gasteiger partial charge >= 0.3 is 0 Å². The van der Waals surface area contributed by atoms with Gasteiger partial charge in [0.1, 0.15) is 5.88 Å². The van der Waals surface area contributed by atoms with E-state index in [0.717, 1.165) is 10.6 Å². The predicted molar refractivity (Wildman–Crippen MR) is 113 cm³/mol. The minimum Gasteiger partial charge on any atom is -0.372 e. The number of alkyl halides is 1. The zero-order valence-corrected chi connectivity index (χ0v) is 16.6. The summed E-state index contributed by atoms with van der Waals surface area (Å²) in [6, 6.07) is 24.3. The summed E-state index contributed by atoms with van der Waals surface area (Å²) in [7, 11) is 0. The van der Waals surface area contributed by atoms with Crippen LogP contribution in [0.1, 0.15) is 16.7 Å². The average molecular weight is 409 g/mol. The Morgan fingerprint density at radius 2 is 1.38 bits per heavy atom. The van der Waals surface area contributed by atoms with Crippen LogP contribution in [0.5, 0.6) is 0 Å². The van der Waals surface area contributed by atoms with Gasteiger partial charge in [0.15, 0.2) is 5.60 Å². The molecule has 3 aromatic carbocycles. The van der Waals surface area contributed by atoms with Crippen molar-refractivity contribution in [1.29, 1.82) is 0 Å². The fraction of sp³-hybridized carbons (Fsp3) is 0.130. The van der Waals surface area contributed by atoms with Crippen LogP contribution >= 0.6 is 11.6 Å². The summed E-state index contributed by atoms with van der Waals surface area (Å²) < 4.78 is 0. The summed E-state index contributed by atoms with van der Waals surface area (Å²) in [4.78, 5) is 25.9. The van der Waals surface area contributed by atoms with Crippen LogP contribution < -0.4 is 10.4 Å². The van der Waals surface area contributed by atoms with Crippen LogP contribution in [0.25, 0.3) is 0 Å². The molecule has 2 N–H and O–H groups in total. The summed E-state index contributed by atoms with van der Waals surface area (Å²) in [5.41, 5.74) is 2.59. The van der Waals surface area contributed by atoms with Crippen molar-refractivity contribution in [3.8, 4) is 0 Å². The standard InChI is InChI=1S/C23H21ClN2O3/c1-17-10-8-9-15-20(17)26(21(27)16-24)25-22(28)23(29,18-11-4-2-5-12-18)19-13-6-3-7-14-19/h2-15,29H,16H2,1H3,(H,25,28). The Morgan fingerprint density at radius 1 is 0.897 bits per heavy atom. The van der Waals surface area contributed by atoms with Crippen molar-refractivity contribution in [1.82, 2.24) is 5.43 Å². The molecule has 0 aliphatic heterocycles.